The van der Waals surface area contributed by atoms with E-state index in [0.717, 1.165) is 6.54 Å². The highest BCUT2D eigenvalue weighted by molar-refractivity contribution is 7.15. The number of benzene rings is 1. The average Bonchev–Trinajstić information content (AvgIpc) is 2.84. The largest absolute Gasteiger partial charge is 0.384 e. The first-order chi connectivity index (χ1) is 7.33. The molecule has 0 amide bonds. The van der Waals surface area contributed by atoms with Gasteiger partial charge in [0.25, 0.3) is 0 Å². The summed E-state index contributed by atoms with van der Waals surface area (Å²) >= 11 is 1.86. The van der Waals surface area contributed by atoms with Crippen molar-refractivity contribution < 1.29 is 0 Å². The molecule has 0 spiro atoms. The summed E-state index contributed by atoms with van der Waals surface area (Å²) in [5.41, 5.74) is 4.10. The Balaban J connectivity index is 2.06. The van der Waals surface area contributed by atoms with E-state index in [4.69, 9.17) is 0 Å². The fraction of sp³-hybridized carbons (Fsp3) is 0.231. The van der Waals surface area contributed by atoms with Crippen molar-refractivity contribution in [3.05, 3.63) is 40.8 Å². The van der Waals surface area contributed by atoms with E-state index in [2.05, 4.69) is 42.6 Å². The van der Waals surface area contributed by atoms with Crippen molar-refractivity contribution in [2.75, 3.05) is 11.9 Å². The summed E-state index contributed by atoms with van der Waals surface area (Å²) in [6, 6.07) is 11.1. The third kappa shape index (κ3) is 1.55. The number of nitrogens with one attached hydrogen (secondary N) is 1. The van der Waals surface area contributed by atoms with Gasteiger partial charge in [-0.3, -0.25) is 0 Å². The molecule has 0 saturated heterocycles. The molecule has 15 heavy (non-hydrogen) atoms. The Morgan fingerprint density at radius 3 is 2.93 bits per heavy atom. The Bertz CT molecular complexity index is 499. The van der Waals surface area contributed by atoms with E-state index >= 15 is 0 Å². The molecule has 3 rings (SSSR count). The zero-order valence-corrected chi connectivity index (χ0v) is 9.53. The quantitative estimate of drug-likeness (QED) is 0.765. The summed E-state index contributed by atoms with van der Waals surface area (Å²) < 4.78 is 0. The Kier molecular flexibility index (Phi) is 2.03. The van der Waals surface area contributed by atoms with Crippen molar-refractivity contribution in [3.63, 3.8) is 0 Å². The first-order valence-electron chi connectivity index (χ1n) is 5.26. The highest BCUT2D eigenvalue weighted by atomic mass is 32.1. The van der Waals surface area contributed by atoms with Gasteiger partial charge in [-0.15, -0.1) is 11.3 Å². The molecule has 2 aromatic rings. The summed E-state index contributed by atoms with van der Waals surface area (Å²) in [5.74, 6) is 0. The lowest BCUT2D eigenvalue weighted by atomic mass is 10.1. The van der Waals surface area contributed by atoms with Crippen LogP contribution in [0.1, 0.15) is 10.4 Å². The molecule has 2 heteroatoms. The van der Waals surface area contributed by atoms with Crippen LogP contribution in [0, 0.1) is 6.92 Å². The monoisotopic (exact) mass is 215 g/mol. The number of hydrogen-bond acceptors (Lipinski definition) is 2. The van der Waals surface area contributed by atoms with Gasteiger partial charge in [-0.05, 0) is 42.7 Å². The normalized spacial score (nSPS) is 13.7. The van der Waals surface area contributed by atoms with Gasteiger partial charge in [0.05, 0.1) is 0 Å². The van der Waals surface area contributed by atoms with Crippen LogP contribution in [0.4, 0.5) is 5.69 Å². The van der Waals surface area contributed by atoms with Crippen LogP contribution in [0.15, 0.2) is 30.3 Å². The Morgan fingerprint density at radius 1 is 1.20 bits per heavy atom. The number of aryl methyl sites for hydroxylation is 1. The van der Waals surface area contributed by atoms with Gasteiger partial charge in [0.1, 0.15) is 0 Å². The summed E-state index contributed by atoms with van der Waals surface area (Å²) in [7, 11) is 0. The summed E-state index contributed by atoms with van der Waals surface area (Å²) in [6.07, 6.45) is 1.17. The maximum absolute atomic E-state index is 3.42. The molecular weight excluding hydrogens is 202 g/mol. The maximum Gasteiger partial charge on any atom is 0.0380 e. The molecule has 1 aromatic heterocycles. The molecule has 0 radical (unpaired) electrons. The molecule has 1 aliphatic rings. The highest BCUT2D eigenvalue weighted by Crippen LogP contribution is 2.32. The molecule has 0 fully saturated rings. The minimum atomic E-state index is 1.09. The number of hydrogen-bond donors (Lipinski definition) is 1. The van der Waals surface area contributed by atoms with Crippen LogP contribution in [0.25, 0.3) is 10.4 Å². The molecule has 0 saturated carbocycles. The van der Waals surface area contributed by atoms with Crippen molar-refractivity contribution in [2.45, 2.75) is 13.3 Å². The van der Waals surface area contributed by atoms with Gasteiger partial charge in [-0.2, -0.15) is 0 Å². The van der Waals surface area contributed by atoms with Gasteiger partial charge in [0, 0.05) is 22.0 Å². The van der Waals surface area contributed by atoms with Gasteiger partial charge in [-0.25, -0.2) is 0 Å². The first kappa shape index (κ1) is 8.98. The molecule has 76 valence electrons. The summed E-state index contributed by atoms with van der Waals surface area (Å²) in [4.78, 5) is 2.74. The van der Waals surface area contributed by atoms with E-state index < -0.39 is 0 Å². The fourth-order valence-electron chi connectivity index (χ4n) is 2.03. The lowest BCUT2D eigenvalue weighted by molar-refractivity contribution is 1.11. The number of thiophene rings is 1. The predicted octanol–water partition coefficient (Wildman–Crippen LogP) is 3.69. The van der Waals surface area contributed by atoms with Crippen molar-refractivity contribution >= 4 is 17.0 Å². The van der Waals surface area contributed by atoms with E-state index in [9.17, 15) is 0 Å². The van der Waals surface area contributed by atoms with Gasteiger partial charge in [-0.1, -0.05) is 12.1 Å². The van der Waals surface area contributed by atoms with Gasteiger partial charge < -0.3 is 5.32 Å². The third-order valence-corrected chi connectivity index (χ3v) is 3.89. The molecule has 1 aliphatic heterocycles. The van der Waals surface area contributed by atoms with E-state index in [1.165, 1.54) is 33.0 Å². The zero-order chi connectivity index (χ0) is 10.3. The van der Waals surface area contributed by atoms with Crippen molar-refractivity contribution in [1.82, 2.24) is 0 Å². The van der Waals surface area contributed by atoms with Crippen molar-refractivity contribution in [3.8, 4) is 10.4 Å². The Hall–Kier alpha value is -1.28. The second-order valence-corrected chi connectivity index (χ2v) is 5.25. The van der Waals surface area contributed by atoms with Crippen LogP contribution in [0.2, 0.25) is 0 Å². The number of anilines is 1. The SMILES string of the molecule is Cc1ccc(-c2ccc3c(c2)NCC3)s1. The van der Waals surface area contributed by atoms with Gasteiger partial charge >= 0.3 is 0 Å². The van der Waals surface area contributed by atoms with Crippen LogP contribution in [0.3, 0.4) is 0 Å². The molecule has 2 heterocycles. The molecule has 1 nitrogen and oxygen atoms in total. The number of fused-ring (bicyclic) bond motifs is 1. The minimum Gasteiger partial charge on any atom is -0.384 e. The van der Waals surface area contributed by atoms with Crippen LogP contribution >= 0.6 is 11.3 Å². The molecule has 1 N–H and O–H groups in total. The fourth-order valence-corrected chi connectivity index (χ4v) is 2.90. The molecular formula is C13H13NS. The predicted molar refractivity (Wildman–Crippen MR) is 66.7 cm³/mol. The van der Waals surface area contributed by atoms with E-state index in [1.807, 2.05) is 11.3 Å². The lowest BCUT2D eigenvalue weighted by Crippen LogP contribution is -1.90. The average molecular weight is 215 g/mol. The molecule has 1 aromatic carbocycles. The molecule has 0 unspecified atom stereocenters. The molecule has 0 aliphatic carbocycles. The lowest BCUT2D eigenvalue weighted by Gasteiger charge is -2.02. The topological polar surface area (TPSA) is 12.0 Å². The number of rotatable bonds is 1. The maximum atomic E-state index is 3.42. The van der Waals surface area contributed by atoms with Crippen LogP contribution in [-0.2, 0) is 6.42 Å². The van der Waals surface area contributed by atoms with Crippen molar-refractivity contribution in [2.24, 2.45) is 0 Å². The molecule has 0 bridgehead atoms. The van der Waals surface area contributed by atoms with Gasteiger partial charge in [0.2, 0.25) is 0 Å². The first-order valence-corrected chi connectivity index (χ1v) is 6.08. The Morgan fingerprint density at radius 2 is 2.13 bits per heavy atom. The standard InChI is InChI=1S/C13H13NS/c1-9-2-5-13(15-9)11-4-3-10-6-7-14-12(10)8-11/h2-5,8,14H,6-7H2,1H3. The van der Waals surface area contributed by atoms with Gasteiger partial charge in [0.15, 0.2) is 0 Å². The van der Waals surface area contributed by atoms with E-state index in [-0.39, 0.29) is 0 Å². The van der Waals surface area contributed by atoms with Crippen molar-refractivity contribution in [1.29, 1.82) is 0 Å². The molecule has 0 atom stereocenters. The van der Waals surface area contributed by atoms with E-state index in [0.29, 0.717) is 0 Å². The minimum absolute atomic E-state index is 1.09. The van der Waals surface area contributed by atoms with Crippen LogP contribution in [-0.4, -0.2) is 6.54 Å². The Labute approximate surface area is 93.8 Å². The third-order valence-electron chi connectivity index (χ3n) is 2.84. The smallest absolute Gasteiger partial charge is 0.0380 e. The second kappa shape index (κ2) is 3.38. The second-order valence-electron chi connectivity index (χ2n) is 3.96. The summed E-state index contributed by atoms with van der Waals surface area (Å²) in [5, 5.41) is 3.42. The summed E-state index contributed by atoms with van der Waals surface area (Å²) in [6.45, 7) is 3.24. The van der Waals surface area contributed by atoms with E-state index in [1.54, 1.807) is 0 Å². The highest BCUT2D eigenvalue weighted by Gasteiger charge is 2.10. The zero-order valence-electron chi connectivity index (χ0n) is 8.71. The van der Waals surface area contributed by atoms with Crippen LogP contribution < -0.4 is 5.32 Å². The van der Waals surface area contributed by atoms with Crippen LogP contribution in [0.5, 0.6) is 0 Å².